The van der Waals surface area contributed by atoms with E-state index in [9.17, 15) is 0 Å². The quantitative estimate of drug-likeness (QED) is 0.722. The van der Waals surface area contributed by atoms with Gasteiger partial charge in [0.15, 0.2) is 17.0 Å². The summed E-state index contributed by atoms with van der Waals surface area (Å²) in [5, 5.41) is 7.83. The van der Waals surface area contributed by atoms with Crippen molar-refractivity contribution in [3.05, 3.63) is 52.5 Å². The summed E-state index contributed by atoms with van der Waals surface area (Å²) in [6.45, 7) is 2.24. The van der Waals surface area contributed by atoms with Crippen molar-refractivity contribution in [2.45, 2.75) is 13.5 Å². The normalized spacial score (nSPS) is 10.7. The Hall–Kier alpha value is -2.08. The van der Waals surface area contributed by atoms with E-state index in [0.29, 0.717) is 22.2 Å². The lowest BCUT2D eigenvalue weighted by Gasteiger charge is -2.02. The SMILES string of the molecule is Cc1ccc(OCc2nnc(-c3ccc(Br)o3)o2)cc1. The van der Waals surface area contributed by atoms with Gasteiger partial charge in [0.2, 0.25) is 0 Å². The van der Waals surface area contributed by atoms with Crippen LogP contribution in [0.1, 0.15) is 11.5 Å². The molecule has 0 N–H and O–H groups in total. The van der Waals surface area contributed by atoms with Crippen LogP contribution in [-0.4, -0.2) is 10.2 Å². The predicted molar refractivity (Wildman–Crippen MR) is 75.2 cm³/mol. The Labute approximate surface area is 123 Å². The lowest BCUT2D eigenvalue weighted by molar-refractivity contribution is 0.263. The van der Waals surface area contributed by atoms with Crippen LogP contribution >= 0.6 is 15.9 Å². The van der Waals surface area contributed by atoms with Gasteiger partial charge < -0.3 is 13.6 Å². The lowest BCUT2D eigenvalue weighted by atomic mass is 10.2. The third-order valence-corrected chi connectivity index (χ3v) is 3.06. The molecule has 0 unspecified atom stereocenters. The van der Waals surface area contributed by atoms with Gasteiger partial charge in [-0.1, -0.05) is 17.7 Å². The van der Waals surface area contributed by atoms with E-state index in [0.717, 1.165) is 5.75 Å². The van der Waals surface area contributed by atoms with Gasteiger partial charge in [0.25, 0.3) is 11.8 Å². The highest BCUT2D eigenvalue weighted by molar-refractivity contribution is 9.10. The molecule has 102 valence electrons. The molecule has 5 nitrogen and oxygen atoms in total. The zero-order valence-corrected chi connectivity index (χ0v) is 12.3. The largest absolute Gasteiger partial charge is 0.484 e. The summed E-state index contributed by atoms with van der Waals surface area (Å²) in [5.41, 5.74) is 1.18. The number of furan rings is 1. The van der Waals surface area contributed by atoms with Crippen molar-refractivity contribution in [2.24, 2.45) is 0 Å². The Kier molecular flexibility index (Phi) is 3.56. The molecule has 6 heteroatoms. The van der Waals surface area contributed by atoms with E-state index in [2.05, 4.69) is 26.1 Å². The van der Waals surface area contributed by atoms with E-state index in [1.807, 2.05) is 31.2 Å². The summed E-state index contributed by atoms with van der Waals surface area (Å²) in [5.74, 6) is 2.01. The fourth-order valence-corrected chi connectivity index (χ4v) is 1.93. The molecule has 2 heterocycles. The van der Waals surface area contributed by atoms with Crippen molar-refractivity contribution in [3.63, 3.8) is 0 Å². The highest BCUT2D eigenvalue weighted by Gasteiger charge is 2.12. The third-order valence-electron chi connectivity index (χ3n) is 2.63. The second-order valence-electron chi connectivity index (χ2n) is 4.21. The number of nitrogens with zero attached hydrogens (tertiary/aromatic N) is 2. The first kappa shape index (κ1) is 12.9. The number of halogens is 1. The van der Waals surface area contributed by atoms with Crippen LogP contribution in [0.2, 0.25) is 0 Å². The number of benzene rings is 1. The smallest absolute Gasteiger partial charge is 0.283 e. The van der Waals surface area contributed by atoms with Crippen LogP contribution in [0.5, 0.6) is 5.75 Å². The first-order valence-corrected chi connectivity index (χ1v) is 6.77. The average Bonchev–Trinajstić information content (AvgIpc) is 3.07. The molecule has 0 bridgehead atoms. The minimum atomic E-state index is 0.220. The molecule has 0 atom stereocenters. The zero-order chi connectivity index (χ0) is 13.9. The van der Waals surface area contributed by atoms with Crippen molar-refractivity contribution in [1.82, 2.24) is 10.2 Å². The Morgan fingerprint density at radius 2 is 1.85 bits per heavy atom. The Morgan fingerprint density at radius 1 is 1.05 bits per heavy atom. The summed E-state index contributed by atoms with van der Waals surface area (Å²) in [4.78, 5) is 0. The molecule has 0 spiro atoms. The van der Waals surface area contributed by atoms with Gasteiger partial charge >= 0.3 is 0 Å². The molecule has 0 saturated heterocycles. The van der Waals surface area contributed by atoms with E-state index >= 15 is 0 Å². The van der Waals surface area contributed by atoms with Gasteiger partial charge in [-0.15, -0.1) is 10.2 Å². The molecule has 3 rings (SSSR count). The van der Waals surface area contributed by atoms with Crippen LogP contribution in [0.4, 0.5) is 0 Å². The van der Waals surface area contributed by atoms with E-state index in [-0.39, 0.29) is 6.61 Å². The molecule has 0 amide bonds. The van der Waals surface area contributed by atoms with Crippen molar-refractivity contribution >= 4 is 15.9 Å². The maximum Gasteiger partial charge on any atom is 0.283 e. The Bertz CT molecular complexity index is 703. The molecule has 0 saturated carbocycles. The fraction of sp³-hybridized carbons (Fsp3) is 0.143. The molecule has 1 aromatic carbocycles. The summed E-state index contributed by atoms with van der Waals surface area (Å²) in [7, 11) is 0. The van der Waals surface area contributed by atoms with Gasteiger partial charge in [-0.25, -0.2) is 0 Å². The van der Waals surface area contributed by atoms with Gasteiger partial charge in [0.1, 0.15) is 5.75 Å². The van der Waals surface area contributed by atoms with Crippen molar-refractivity contribution in [2.75, 3.05) is 0 Å². The number of hydrogen-bond acceptors (Lipinski definition) is 5. The summed E-state index contributed by atoms with van der Waals surface area (Å²) >= 11 is 3.22. The minimum Gasteiger partial charge on any atom is -0.484 e. The van der Waals surface area contributed by atoms with Gasteiger partial charge in [0.05, 0.1) is 0 Å². The number of rotatable bonds is 4. The molecule has 0 aliphatic rings. The molecule has 0 radical (unpaired) electrons. The minimum absolute atomic E-state index is 0.220. The number of ether oxygens (including phenoxy) is 1. The molecular weight excluding hydrogens is 324 g/mol. The van der Waals surface area contributed by atoms with E-state index in [1.54, 1.807) is 12.1 Å². The number of hydrogen-bond donors (Lipinski definition) is 0. The maximum atomic E-state index is 5.57. The first-order chi connectivity index (χ1) is 9.70. The van der Waals surface area contributed by atoms with E-state index in [1.165, 1.54) is 5.56 Å². The maximum absolute atomic E-state index is 5.57. The summed E-state index contributed by atoms with van der Waals surface area (Å²) in [6, 6.07) is 11.3. The molecule has 0 aliphatic heterocycles. The first-order valence-electron chi connectivity index (χ1n) is 5.98. The number of aromatic nitrogens is 2. The van der Waals surface area contributed by atoms with Crippen LogP contribution in [0.3, 0.4) is 0 Å². The third kappa shape index (κ3) is 2.91. The second-order valence-corrected chi connectivity index (χ2v) is 4.99. The highest BCUT2D eigenvalue weighted by atomic mass is 79.9. The number of aryl methyl sites for hydroxylation is 1. The topological polar surface area (TPSA) is 61.3 Å². The molecule has 20 heavy (non-hydrogen) atoms. The lowest BCUT2D eigenvalue weighted by Crippen LogP contribution is -1.95. The molecule has 0 fully saturated rings. The summed E-state index contributed by atoms with van der Waals surface area (Å²) < 4.78 is 17.0. The molecular formula is C14H11BrN2O3. The van der Waals surface area contributed by atoms with E-state index in [4.69, 9.17) is 13.6 Å². The standard InChI is InChI=1S/C14H11BrN2O3/c1-9-2-4-10(5-3-9)18-8-13-16-17-14(20-13)11-6-7-12(15)19-11/h2-7H,8H2,1H3. The summed E-state index contributed by atoms with van der Waals surface area (Å²) in [6.07, 6.45) is 0. The van der Waals surface area contributed by atoms with Crippen LogP contribution in [0.25, 0.3) is 11.7 Å². The van der Waals surface area contributed by atoms with Gasteiger partial charge in [-0.3, -0.25) is 0 Å². The van der Waals surface area contributed by atoms with Crippen LogP contribution in [0, 0.1) is 6.92 Å². The van der Waals surface area contributed by atoms with Crippen LogP contribution < -0.4 is 4.74 Å². The van der Waals surface area contributed by atoms with Crippen LogP contribution in [0.15, 0.2) is 49.9 Å². The van der Waals surface area contributed by atoms with Crippen LogP contribution in [-0.2, 0) is 6.61 Å². The predicted octanol–water partition coefficient (Wildman–Crippen LogP) is 3.98. The van der Waals surface area contributed by atoms with Gasteiger partial charge in [-0.2, -0.15) is 0 Å². The fourth-order valence-electron chi connectivity index (χ4n) is 1.62. The highest BCUT2D eigenvalue weighted by Crippen LogP contribution is 2.24. The second kappa shape index (κ2) is 5.50. The van der Waals surface area contributed by atoms with Crippen molar-refractivity contribution in [1.29, 1.82) is 0 Å². The Morgan fingerprint density at radius 3 is 2.55 bits per heavy atom. The molecule has 2 aromatic heterocycles. The molecule has 0 aliphatic carbocycles. The van der Waals surface area contributed by atoms with Crippen molar-refractivity contribution < 1.29 is 13.6 Å². The van der Waals surface area contributed by atoms with Gasteiger partial charge in [-0.05, 0) is 47.1 Å². The van der Waals surface area contributed by atoms with Crippen molar-refractivity contribution in [3.8, 4) is 17.4 Å². The zero-order valence-electron chi connectivity index (χ0n) is 10.7. The molecule has 3 aromatic rings. The Balaban J connectivity index is 1.67. The average molecular weight is 335 g/mol. The van der Waals surface area contributed by atoms with Gasteiger partial charge in [0, 0.05) is 0 Å². The van der Waals surface area contributed by atoms with E-state index < -0.39 is 0 Å². The monoisotopic (exact) mass is 334 g/mol.